The fourth-order valence-electron chi connectivity index (χ4n) is 2.29. The highest BCUT2D eigenvalue weighted by molar-refractivity contribution is 14.1. The molecule has 26 heavy (non-hydrogen) atoms. The SMILES string of the molecule is C#CCOc1c(I)cc(/C=C2/SC(=O)N(CCCOC)C2=O)cc1OC. The normalized spacial score (nSPS) is 15.5. The van der Waals surface area contributed by atoms with E-state index in [2.05, 4.69) is 28.5 Å². The van der Waals surface area contributed by atoms with Crippen molar-refractivity contribution in [2.75, 3.05) is 34.0 Å². The van der Waals surface area contributed by atoms with Gasteiger partial charge in [0.25, 0.3) is 11.1 Å². The Morgan fingerprint density at radius 3 is 2.77 bits per heavy atom. The minimum absolute atomic E-state index is 0.131. The molecule has 2 rings (SSSR count). The first-order valence-corrected chi connectivity index (χ1v) is 9.59. The molecule has 0 atom stereocenters. The minimum atomic E-state index is -0.294. The third kappa shape index (κ3) is 4.93. The van der Waals surface area contributed by atoms with Crippen molar-refractivity contribution in [3.8, 4) is 23.8 Å². The molecule has 0 aliphatic carbocycles. The Bertz CT molecular complexity index is 772. The standard InChI is InChI=1S/C18H18INO5S/c1-4-7-25-16-13(19)9-12(10-14(16)24-3)11-15-17(21)20(18(22)26-15)6-5-8-23-2/h1,9-11H,5-8H2,2-3H3/b15-11+. The quantitative estimate of drug-likeness (QED) is 0.243. The van der Waals surface area contributed by atoms with Crippen molar-refractivity contribution >= 4 is 51.6 Å². The highest BCUT2D eigenvalue weighted by Gasteiger charge is 2.34. The second-order valence-corrected chi connectivity index (χ2v) is 7.36. The zero-order valence-corrected chi connectivity index (χ0v) is 17.4. The monoisotopic (exact) mass is 487 g/mol. The Morgan fingerprint density at radius 1 is 1.35 bits per heavy atom. The number of ether oxygens (including phenoxy) is 3. The number of halogens is 1. The number of imide groups is 1. The van der Waals surface area contributed by atoms with Gasteiger partial charge in [0.2, 0.25) is 0 Å². The van der Waals surface area contributed by atoms with Crippen LogP contribution in [0.3, 0.4) is 0 Å². The number of hydrogen-bond acceptors (Lipinski definition) is 6. The molecule has 1 aliphatic rings. The van der Waals surface area contributed by atoms with Crippen LogP contribution in [0.5, 0.6) is 11.5 Å². The van der Waals surface area contributed by atoms with E-state index in [4.69, 9.17) is 20.6 Å². The van der Waals surface area contributed by atoms with Crippen LogP contribution in [0.2, 0.25) is 0 Å². The Morgan fingerprint density at radius 2 is 2.12 bits per heavy atom. The fourth-order valence-corrected chi connectivity index (χ4v) is 3.93. The van der Waals surface area contributed by atoms with E-state index in [9.17, 15) is 9.59 Å². The first kappa shape index (κ1) is 20.6. The van der Waals surface area contributed by atoms with E-state index >= 15 is 0 Å². The molecule has 0 unspecified atom stereocenters. The lowest BCUT2D eigenvalue weighted by Crippen LogP contribution is -2.29. The molecule has 1 aromatic rings. The van der Waals surface area contributed by atoms with Crippen molar-refractivity contribution in [2.45, 2.75) is 6.42 Å². The molecule has 1 aliphatic heterocycles. The number of thioether (sulfide) groups is 1. The predicted octanol–water partition coefficient (Wildman–Crippen LogP) is 3.38. The molecule has 1 saturated heterocycles. The summed E-state index contributed by atoms with van der Waals surface area (Å²) in [5, 5.41) is -0.270. The molecule has 0 bridgehead atoms. The Kier molecular flexibility index (Phi) is 7.81. The van der Waals surface area contributed by atoms with Gasteiger partial charge < -0.3 is 14.2 Å². The number of hydrogen-bond donors (Lipinski definition) is 0. The van der Waals surface area contributed by atoms with Gasteiger partial charge in [0.1, 0.15) is 6.61 Å². The van der Waals surface area contributed by atoms with Crippen molar-refractivity contribution in [3.05, 3.63) is 26.2 Å². The topological polar surface area (TPSA) is 65.1 Å². The third-order valence-electron chi connectivity index (χ3n) is 3.45. The lowest BCUT2D eigenvalue weighted by Gasteiger charge is -2.12. The number of carbonyl (C=O) groups excluding carboxylic acids is 2. The van der Waals surface area contributed by atoms with E-state index < -0.39 is 0 Å². The molecular formula is C18H18INO5S. The summed E-state index contributed by atoms with van der Waals surface area (Å²) in [6.45, 7) is 0.969. The van der Waals surface area contributed by atoms with Gasteiger partial charge in [-0.15, -0.1) is 6.42 Å². The van der Waals surface area contributed by atoms with Crippen LogP contribution in [0.4, 0.5) is 4.79 Å². The molecule has 0 aromatic heterocycles. The summed E-state index contributed by atoms with van der Waals surface area (Å²) in [4.78, 5) is 26.1. The molecule has 0 N–H and O–H groups in total. The van der Waals surface area contributed by atoms with Gasteiger partial charge in [0, 0.05) is 20.3 Å². The highest BCUT2D eigenvalue weighted by Crippen LogP contribution is 2.37. The largest absolute Gasteiger partial charge is 0.493 e. The van der Waals surface area contributed by atoms with Crippen molar-refractivity contribution in [3.63, 3.8) is 0 Å². The van der Waals surface area contributed by atoms with Gasteiger partial charge in [-0.05, 0) is 64.5 Å². The molecular weight excluding hydrogens is 469 g/mol. The van der Waals surface area contributed by atoms with Crippen LogP contribution in [-0.4, -0.2) is 50.0 Å². The first-order chi connectivity index (χ1) is 12.5. The van der Waals surface area contributed by atoms with Crippen LogP contribution >= 0.6 is 34.4 Å². The van der Waals surface area contributed by atoms with E-state index in [-0.39, 0.29) is 17.8 Å². The van der Waals surface area contributed by atoms with Crippen LogP contribution in [0.25, 0.3) is 6.08 Å². The number of methoxy groups -OCH3 is 2. The average Bonchev–Trinajstić information content (AvgIpc) is 2.88. The van der Waals surface area contributed by atoms with Crippen LogP contribution < -0.4 is 9.47 Å². The fraction of sp³-hybridized carbons (Fsp3) is 0.333. The van der Waals surface area contributed by atoms with Gasteiger partial charge >= 0.3 is 0 Å². The second kappa shape index (κ2) is 9.85. The van der Waals surface area contributed by atoms with E-state index in [0.29, 0.717) is 36.0 Å². The van der Waals surface area contributed by atoms with E-state index in [1.165, 1.54) is 12.0 Å². The van der Waals surface area contributed by atoms with Crippen molar-refractivity contribution in [1.29, 1.82) is 0 Å². The molecule has 138 valence electrons. The summed E-state index contributed by atoms with van der Waals surface area (Å²) in [6, 6.07) is 3.58. The Balaban J connectivity index is 2.24. The molecule has 1 heterocycles. The van der Waals surface area contributed by atoms with Crippen LogP contribution in [0.15, 0.2) is 17.0 Å². The summed E-state index contributed by atoms with van der Waals surface area (Å²) in [5.41, 5.74) is 0.738. The van der Waals surface area contributed by atoms with Gasteiger partial charge in [-0.2, -0.15) is 0 Å². The second-order valence-electron chi connectivity index (χ2n) is 5.21. The van der Waals surface area contributed by atoms with E-state index in [0.717, 1.165) is 20.9 Å². The molecule has 0 saturated carbocycles. The number of nitrogens with zero attached hydrogens (tertiary/aromatic N) is 1. The maximum Gasteiger partial charge on any atom is 0.293 e. The zero-order chi connectivity index (χ0) is 19.1. The summed E-state index contributed by atoms with van der Waals surface area (Å²) in [7, 11) is 3.11. The Hall–Kier alpha value is -1.70. The van der Waals surface area contributed by atoms with Crippen LogP contribution in [0, 0.1) is 15.9 Å². The van der Waals surface area contributed by atoms with Crippen molar-refractivity contribution in [1.82, 2.24) is 4.90 Å². The summed E-state index contributed by atoms with van der Waals surface area (Å²) in [6.07, 6.45) is 7.51. The summed E-state index contributed by atoms with van der Waals surface area (Å²) in [5.74, 6) is 3.18. The molecule has 2 amide bonds. The zero-order valence-electron chi connectivity index (χ0n) is 14.4. The summed E-state index contributed by atoms with van der Waals surface area (Å²) >= 11 is 3.04. The van der Waals surface area contributed by atoms with Gasteiger partial charge in [0.05, 0.1) is 15.6 Å². The predicted molar refractivity (Wildman–Crippen MR) is 109 cm³/mol. The molecule has 8 heteroatoms. The number of rotatable bonds is 8. The Labute approximate surface area is 170 Å². The first-order valence-electron chi connectivity index (χ1n) is 7.70. The molecule has 1 fully saturated rings. The van der Waals surface area contributed by atoms with Gasteiger partial charge in [-0.1, -0.05) is 5.92 Å². The van der Waals surface area contributed by atoms with Gasteiger partial charge in [-0.3, -0.25) is 14.5 Å². The minimum Gasteiger partial charge on any atom is -0.493 e. The van der Waals surface area contributed by atoms with Crippen molar-refractivity contribution in [2.24, 2.45) is 0 Å². The smallest absolute Gasteiger partial charge is 0.293 e. The van der Waals surface area contributed by atoms with Crippen molar-refractivity contribution < 1.29 is 23.8 Å². The van der Waals surface area contributed by atoms with E-state index in [1.807, 2.05) is 6.07 Å². The number of amides is 2. The van der Waals surface area contributed by atoms with Gasteiger partial charge in [-0.25, -0.2) is 0 Å². The molecule has 0 spiro atoms. The van der Waals surface area contributed by atoms with E-state index in [1.54, 1.807) is 19.3 Å². The van der Waals surface area contributed by atoms with Crippen LogP contribution in [-0.2, 0) is 9.53 Å². The van der Waals surface area contributed by atoms with Gasteiger partial charge in [0.15, 0.2) is 11.5 Å². The number of terminal acetylenes is 1. The average molecular weight is 487 g/mol. The lowest BCUT2D eigenvalue weighted by atomic mass is 10.2. The summed E-state index contributed by atoms with van der Waals surface area (Å²) < 4.78 is 16.6. The molecule has 6 nitrogen and oxygen atoms in total. The molecule has 1 aromatic carbocycles. The lowest BCUT2D eigenvalue weighted by molar-refractivity contribution is -0.122. The third-order valence-corrected chi connectivity index (χ3v) is 5.16. The number of benzene rings is 1. The van der Waals surface area contributed by atoms with Crippen LogP contribution in [0.1, 0.15) is 12.0 Å². The maximum atomic E-state index is 12.5. The molecule has 0 radical (unpaired) electrons. The maximum absolute atomic E-state index is 12.5. The highest BCUT2D eigenvalue weighted by atomic mass is 127. The number of carbonyl (C=O) groups is 2.